The van der Waals surface area contributed by atoms with Crippen molar-refractivity contribution in [3.05, 3.63) is 17.5 Å². The number of nitrogens with zero attached hydrogens (tertiary/aromatic N) is 2. The molecule has 1 unspecified atom stereocenters. The Bertz CT molecular complexity index is 382. The molecule has 0 aromatic carbocycles. The van der Waals surface area contributed by atoms with Crippen molar-refractivity contribution < 1.29 is 4.79 Å². The van der Waals surface area contributed by atoms with Crippen molar-refractivity contribution in [1.29, 1.82) is 0 Å². The Morgan fingerprint density at radius 2 is 2.44 bits per heavy atom. The lowest BCUT2D eigenvalue weighted by Crippen LogP contribution is -2.27. The fraction of sp³-hybridized carbons (Fsp3) is 0.500. The van der Waals surface area contributed by atoms with E-state index in [9.17, 15) is 4.79 Å². The third-order valence-electron chi connectivity index (χ3n) is 2.35. The van der Waals surface area contributed by atoms with E-state index >= 15 is 0 Å². The second-order valence-corrected chi connectivity index (χ2v) is 5.20. The van der Waals surface area contributed by atoms with Crippen molar-refractivity contribution in [3.8, 4) is 0 Å². The molecule has 0 saturated carbocycles. The molecule has 0 radical (unpaired) electrons. The van der Waals surface area contributed by atoms with Crippen LogP contribution in [0.2, 0.25) is 5.28 Å². The van der Waals surface area contributed by atoms with Crippen LogP contribution in [-0.4, -0.2) is 26.9 Å². The highest BCUT2D eigenvalue weighted by molar-refractivity contribution is 8.00. The molecule has 2 rings (SSSR count). The van der Waals surface area contributed by atoms with Crippen molar-refractivity contribution in [2.45, 2.75) is 24.5 Å². The van der Waals surface area contributed by atoms with Crippen LogP contribution < -0.4 is 5.32 Å². The molecule has 16 heavy (non-hydrogen) atoms. The van der Waals surface area contributed by atoms with Crippen LogP contribution in [0.4, 0.5) is 5.82 Å². The predicted molar refractivity (Wildman–Crippen MR) is 65.8 cm³/mol. The van der Waals surface area contributed by atoms with Crippen molar-refractivity contribution in [1.82, 2.24) is 9.97 Å². The van der Waals surface area contributed by atoms with Gasteiger partial charge < -0.3 is 5.32 Å². The van der Waals surface area contributed by atoms with Gasteiger partial charge >= 0.3 is 0 Å². The van der Waals surface area contributed by atoms with Crippen molar-refractivity contribution in [2.75, 3.05) is 11.1 Å². The number of thioether (sulfide) groups is 1. The highest BCUT2D eigenvalue weighted by Gasteiger charge is 2.21. The van der Waals surface area contributed by atoms with Gasteiger partial charge in [-0.1, -0.05) is 6.42 Å². The molecule has 0 bridgehead atoms. The number of carbonyl (C=O) groups is 1. The van der Waals surface area contributed by atoms with E-state index in [1.54, 1.807) is 17.8 Å². The number of hydrogen-bond donors (Lipinski definition) is 1. The first kappa shape index (κ1) is 11.7. The van der Waals surface area contributed by atoms with Gasteiger partial charge in [0, 0.05) is 6.20 Å². The number of anilines is 1. The average Bonchev–Trinajstić information content (AvgIpc) is 2.30. The number of nitrogens with one attached hydrogen (secondary N) is 1. The zero-order chi connectivity index (χ0) is 11.4. The number of rotatable bonds is 2. The summed E-state index contributed by atoms with van der Waals surface area (Å²) in [7, 11) is 0. The molecule has 1 fully saturated rings. The molecule has 6 heteroatoms. The topological polar surface area (TPSA) is 54.9 Å². The molecule has 1 aliphatic rings. The number of hydrogen-bond acceptors (Lipinski definition) is 4. The molecule has 86 valence electrons. The largest absolute Gasteiger partial charge is 0.310 e. The van der Waals surface area contributed by atoms with Gasteiger partial charge in [-0.05, 0) is 36.3 Å². The summed E-state index contributed by atoms with van der Waals surface area (Å²) in [4.78, 5) is 19.5. The van der Waals surface area contributed by atoms with Gasteiger partial charge in [-0.2, -0.15) is 0 Å². The molecule has 1 amide bonds. The lowest BCUT2D eigenvalue weighted by atomic mass is 10.2. The predicted octanol–water partition coefficient (Wildman–Crippen LogP) is 2.35. The molecule has 4 nitrogen and oxygen atoms in total. The summed E-state index contributed by atoms with van der Waals surface area (Å²) in [6.07, 6.45) is 4.79. The standard InChI is InChI=1S/C10H12ClN3OS/c11-10-12-5-4-8(14-10)13-9(15)7-3-1-2-6-16-7/h4-5,7H,1-3,6H2,(H,12,13,14,15). The summed E-state index contributed by atoms with van der Waals surface area (Å²) in [6.45, 7) is 0. The van der Waals surface area contributed by atoms with E-state index in [0.29, 0.717) is 5.82 Å². The maximum atomic E-state index is 11.8. The summed E-state index contributed by atoms with van der Waals surface area (Å²) >= 11 is 7.34. The number of halogens is 1. The van der Waals surface area contributed by atoms with Crippen LogP contribution >= 0.6 is 23.4 Å². The summed E-state index contributed by atoms with van der Waals surface area (Å²) in [5, 5.41) is 2.95. The monoisotopic (exact) mass is 257 g/mol. The Labute approximate surface area is 103 Å². The molecule has 1 aromatic heterocycles. The first-order valence-electron chi connectivity index (χ1n) is 5.17. The van der Waals surface area contributed by atoms with E-state index < -0.39 is 0 Å². The molecule has 0 spiro atoms. The Morgan fingerprint density at radius 3 is 3.12 bits per heavy atom. The fourth-order valence-corrected chi connectivity index (χ4v) is 2.91. The number of carbonyl (C=O) groups excluding carboxylic acids is 1. The molecular weight excluding hydrogens is 246 g/mol. The van der Waals surface area contributed by atoms with Gasteiger partial charge in [0.05, 0.1) is 5.25 Å². The van der Waals surface area contributed by atoms with Gasteiger partial charge in [0.15, 0.2) is 0 Å². The second kappa shape index (κ2) is 5.50. The van der Waals surface area contributed by atoms with E-state index in [-0.39, 0.29) is 16.4 Å². The Kier molecular flexibility index (Phi) is 4.01. The second-order valence-electron chi connectivity index (χ2n) is 3.56. The molecular formula is C10H12ClN3OS. The minimum Gasteiger partial charge on any atom is -0.310 e. The fourth-order valence-electron chi connectivity index (χ4n) is 1.56. The molecule has 1 aromatic rings. The van der Waals surface area contributed by atoms with E-state index in [1.807, 2.05) is 0 Å². The van der Waals surface area contributed by atoms with Crippen molar-refractivity contribution >= 4 is 35.1 Å². The van der Waals surface area contributed by atoms with Crippen LogP contribution in [-0.2, 0) is 4.79 Å². The molecule has 1 atom stereocenters. The van der Waals surface area contributed by atoms with Gasteiger partial charge in [-0.15, -0.1) is 11.8 Å². The lowest BCUT2D eigenvalue weighted by molar-refractivity contribution is -0.115. The first-order valence-corrected chi connectivity index (χ1v) is 6.59. The Balaban J connectivity index is 1.96. The van der Waals surface area contributed by atoms with E-state index in [0.717, 1.165) is 18.6 Å². The number of aromatic nitrogens is 2. The van der Waals surface area contributed by atoms with Gasteiger partial charge in [-0.25, -0.2) is 9.97 Å². The highest BCUT2D eigenvalue weighted by Crippen LogP contribution is 2.25. The third kappa shape index (κ3) is 3.09. The van der Waals surface area contributed by atoms with Crippen LogP contribution in [0.25, 0.3) is 0 Å². The minimum absolute atomic E-state index is 0.0134. The van der Waals surface area contributed by atoms with E-state index in [2.05, 4.69) is 15.3 Å². The summed E-state index contributed by atoms with van der Waals surface area (Å²) in [6, 6.07) is 1.64. The normalized spacial score (nSPS) is 20.4. The van der Waals surface area contributed by atoms with Crippen molar-refractivity contribution in [3.63, 3.8) is 0 Å². The lowest BCUT2D eigenvalue weighted by Gasteiger charge is -2.19. The van der Waals surface area contributed by atoms with Crippen LogP contribution in [0.3, 0.4) is 0 Å². The van der Waals surface area contributed by atoms with Crippen LogP contribution in [0, 0.1) is 0 Å². The van der Waals surface area contributed by atoms with E-state index in [1.165, 1.54) is 12.6 Å². The summed E-state index contributed by atoms with van der Waals surface area (Å²) in [5.74, 6) is 1.54. The average molecular weight is 258 g/mol. The van der Waals surface area contributed by atoms with Crippen LogP contribution in [0.5, 0.6) is 0 Å². The number of amides is 1. The zero-order valence-electron chi connectivity index (χ0n) is 8.65. The maximum Gasteiger partial charge on any atom is 0.238 e. The van der Waals surface area contributed by atoms with Crippen LogP contribution in [0.1, 0.15) is 19.3 Å². The summed E-state index contributed by atoms with van der Waals surface area (Å²) < 4.78 is 0. The smallest absolute Gasteiger partial charge is 0.238 e. The SMILES string of the molecule is O=C(Nc1ccnc(Cl)n1)C1CCCCS1. The Hall–Kier alpha value is -0.810. The zero-order valence-corrected chi connectivity index (χ0v) is 10.2. The first-order chi connectivity index (χ1) is 7.75. The molecule has 2 heterocycles. The third-order valence-corrected chi connectivity index (χ3v) is 3.91. The van der Waals surface area contributed by atoms with E-state index in [4.69, 9.17) is 11.6 Å². The molecule has 0 aliphatic carbocycles. The molecule has 1 aliphatic heterocycles. The van der Waals surface area contributed by atoms with Crippen molar-refractivity contribution in [2.24, 2.45) is 0 Å². The Morgan fingerprint density at radius 1 is 1.56 bits per heavy atom. The molecule has 1 saturated heterocycles. The van der Waals surface area contributed by atoms with Crippen LogP contribution in [0.15, 0.2) is 12.3 Å². The quantitative estimate of drug-likeness (QED) is 0.827. The summed E-state index contributed by atoms with van der Waals surface area (Å²) in [5.41, 5.74) is 0. The van der Waals surface area contributed by atoms with Gasteiger partial charge in [0.25, 0.3) is 0 Å². The minimum atomic E-state index is 0.0134. The maximum absolute atomic E-state index is 11.8. The van der Waals surface area contributed by atoms with Gasteiger partial charge in [-0.3, -0.25) is 4.79 Å². The van der Waals surface area contributed by atoms with Gasteiger partial charge in [0.1, 0.15) is 5.82 Å². The molecule has 1 N–H and O–H groups in total. The highest BCUT2D eigenvalue weighted by atomic mass is 35.5. The van der Waals surface area contributed by atoms with Gasteiger partial charge in [0.2, 0.25) is 11.2 Å².